The maximum Gasteiger partial charge on any atom is 0.337 e. The van der Waals surface area contributed by atoms with Gasteiger partial charge in [-0.3, -0.25) is 4.72 Å². The van der Waals surface area contributed by atoms with Gasteiger partial charge in [0, 0.05) is 17.0 Å². The third kappa shape index (κ3) is 8.54. The molecule has 1 fully saturated rings. The van der Waals surface area contributed by atoms with Crippen LogP contribution in [0.4, 0.5) is 5.69 Å². The molecule has 12 heteroatoms. The Morgan fingerprint density at radius 1 is 1.00 bits per heavy atom. The molecule has 1 aromatic heterocycles. The van der Waals surface area contributed by atoms with Crippen molar-refractivity contribution in [2.24, 2.45) is 0 Å². The van der Waals surface area contributed by atoms with Crippen LogP contribution in [0.2, 0.25) is 5.02 Å². The number of carboxylic acid groups (broad SMARTS) is 1. The minimum atomic E-state index is -4.05. The third-order valence-corrected chi connectivity index (χ3v) is 7.47. The number of rotatable bonds is 9. The molecule has 1 saturated heterocycles. The van der Waals surface area contributed by atoms with E-state index in [-0.39, 0.29) is 21.2 Å². The number of aromatic nitrogens is 1. The van der Waals surface area contributed by atoms with Crippen LogP contribution in [0, 0.1) is 6.92 Å². The number of ether oxygens (including phenoxy) is 3. The van der Waals surface area contributed by atoms with Crippen LogP contribution in [-0.2, 0) is 25.9 Å². The molecule has 0 saturated carbocycles. The van der Waals surface area contributed by atoms with Crippen molar-refractivity contribution in [2.45, 2.75) is 18.2 Å². The Bertz CT molecular complexity index is 1540. The van der Waals surface area contributed by atoms with Crippen molar-refractivity contribution < 1.29 is 36.9 Å². The molecule has 3 aromatic carbocycles. The molecule has 5 rings (SSSR count). The largest absolute Gasteiger partial charge is 0.493 e. The topological polar surface area (TPSA) is 137 Å². The number of anilines is 1. The lowest BCUT2D eigenvalue weighted by molar-refractivity contribution is -0.0334. The minimum absolute atomic E-state index is 0.0546. The minimum Gasteiger partial charge on any atom is -0.493 e. The number of benzene rings is 3. The molecule has 1 aliphatic heterocycles. The molecule has 1 aliphatic rings. The number of hydrogen-bond donors (Lipinski definition) is 2. The summed E-state index contributed by atoms with van der Waals surface area (Å²) in [7, 11) is -4.05. The number of halogens is 1. The predicted molar refractivity (Wildman–Crippen MR) is 153 cm³/mol. The molecule has 0 aliphatic carbocycles. The normalized spacial score (nSPS) is 13.1. The zero-order valence-corrected chi connectivity index (χ0v) is 23.8. The highest BCUT2D eigenvalue weighted by Gasteiger charge is 2.19. The fourth-order valence-corrected chi connectivity index (χ4v) is 5.02. The van der Waals surface area contributed by atoms with E-state index >= 15 is 0 Å². The Balaban J connectivity index is 0.000000572. The fraction of sp³-hybridized carbons (Fsp3) is 0.241. The van der Waals surface area contributed by atoms with Crippen molar-refractivity contribution in [3.63, 3.8) is 0 Å². The summed E-state index contributed by atoms with van der Waals surface area (Å²) in [5.41, 5.74) is 1.34. The van der Waals surface area contributed by atoms with E-state index in [9.17, 15) is 18.3 Å². The fourth-order valence-electron chi connectivity index (χ4n) is 3.78. The van der Waals surface area contributed by atoms with Crippen LogP contribution >= 0.6 is 11.6 Å². The molecule has 0 amide bonds. The van der Waals surface area contributed by atoms with E-state index in [2.05, 4.69) is 9.71 Å². The number of oxazole rings is 1. The third-order valence-electron chi connectivity index (χ3n) is 5.86. The second kappa shape index (κ2) is 14.1. The van der Waals surface area contributed by atoms with Crippen LogP contribution in [0.1, 0.15) is 21.8 Å². The molecular formula is C29H29ClN2O8S. The lowest BCUT2D eigenvalue weighted by Gasteiger charge is -2.12. The van der Waals surface area contributed by atoms with Crippen molar-refractivity contribution in [1.29, 1.82) is 0 Å². The Kier molecular flexibility index (Phi) is 10.4. The number of carbonyl (C=O) groups is 1. The summed E-state index contributed by atoms with van der Waals surface area (Å²) in [4.78, 5) is 15.9. The van der Waals surface area contributed by atoms with Gasteiger partial charge in [-0.05, 0) is 61.5 Å². The first-order chi connectivity index (χ1) is 19.7. The molecule has 0 bridgehead atoms. The Morgan fingerprint density at radius 2 is 1.66 bits per heavy atom. The highest BCUT2D eigenvalue weighted by Crippen LogP contribution is 2.26. The van der Waals surface area contributed by atoms with E-state index in [1.165, 1.54) is 42.5 Å². The number of sulfonamides is 1. The first kappa shape index (κ1) is 30.1. The maximum absolute atomic E-state index is 12.7. The highest BCUT2D eigenvalue weighted by atomic mass is 35.5. The Morgan fingerprint density at radius 3 is 2.27 bits per heavy atom. The molecule has 2 N–H and O–H groups in total. The van der Waals surface area contributed by atoms with Crippen molar-refractivity contribution >= 4 is 33.3 Å². The van der Waals surface area contributed by atoms with Crippen LogP contribution in [-0.4, -0.2) is 57.5 Å². The quantitative estimate of drug-likeness (QED) is 0.256. The van der Waals surface area contributed by atoms with Gasteiger partial charge in [-0.25, -0.2) is 18.2 Å². The first-order valence-corrected chi connectivity index (χ1v) is 14.5. The van der Waals surface area contributed by atoms with E-state index in [4.69, 9.17) is 30.2 Å². The number of aromatic carboxylic acids is 1. The van der Waals surface area contributed by atoms with Crippen molar-refractivity contribution in [2.75, 3.05) is 37.8 Å². The maximum atomic E-state index is 12.7. The molecule has 216 valence electrons. The Labute approximate surface area is 242 Å². The summed E-state index contributed by atoms with van der Waals surface area (Å²) in [5.74, 6) is 0.455. The molecular weight excluding hydrogens is 572 g/mol. The van der Waals surface area contributed by atoms with Gasteiger partial charge in [0.1, 0.15) is 11.5 Å². The van der Waals surface area contributed by atoms with E-state index in [0.717, 1.165) is 37.7 Å². The molecule has 0 radical (unpaired) electrons. The summed E-state index contributed by atoms with van der Waals surface area (Å²) >= 11 is 5.90. The van der Waals surface area contributed by atoms with Crippen molar-refractivity contribution in [3.8, 4) is 17.2 Å². The predicted octanol–water partition coefficient (Wildman–Crippen LogP) is 5.46. The van der Waals surface area contributed by atoms with Gasteiger partial charge in [-0.1, -0.05) is 29.8 Å². The monoisotopic (exact) mass is 600 g/mol. The summed E-state index contributed by atoms with van der Waals surface area (Å²) < 4.78 is 49.2. The highest BCUT2D eigenvalue weighted by molar-refractivity contribution is 7.92. The second-order valence-corrected chi connectivity index (χ2v) is 10.9. The molecule has 0 spiro atoms. The number of nitrogens with zero attached hydrogens (tertiary/aromatic N) is 1. The zero-order chi connectivity index (χ0) is 29.2. The molecule has 10 nitrogen and oxygen atoms in total. The molecule has 4 aromatic rings. The van der Waals surface area contributed by atoms with E-state index in [0.29, 0.717) is 30.4 Å². The number of hydrogen-bond acceptors (Lipinski definition) is 8. The van der Waals surface area contributed by atoms with Crippen molar-refractivity contribution in [1.82, 2.24) is 4.98 Å². The van der Waals surface area contributed by atoms with Crippen LogP contribution in [0.15, 0.2) is 82.1 Å². The van der Waals surface area contributed by atoms with Crippen LogP contribution in [0.3, 0.4) is 0 Å². The summed E-state index contributed by atoms with van der Waals surface area (Å²) in [5, 5.41) is 9.50. The van der Waals surface area contributed by atoms with Crippen LogP contribution < -0.4 is 9.46 Å². The van der Waals surface area contributed by atoms with Gasteiger partial charge >= 0.3 is 5.97 Å². The number of carboxylic acids is 1. The number of aryl methyl sites for hydroxylation is 1. The van der Waals surface area contributed by atoms with Crippen LogP contribution in [0.5, 0.6) is 5.75 Å². The van der Waals surface area contributed by atoms with Gasteiger partial charge in [0.05, 0.1) is 54.9 Å². The summed E-state index contributed by atoms with van der Waals surface area (Å²) in [6.45, 7) is 5.27. The number of nitrogens with one attached hydrogen (secondary N) is 1. The van der Waals surface area contributed by atoms with Gasteiger partial charge in [0.2, 0.25) is 5.89 Å². The average Bonchev–Trinajstić information content (AvgIpc) is 3.35. The molecule has 41 heavy (non-hydrogen) atoms. The van der Waals surface area contributed by atoms with Gasteiger partial charge in [0.25, 0.3) is 10.0 Å². The van der Waals surface area contributed by atoms with Crippen LogP contribution in [0.25, 0.3) is 11.5 Å². The SMILES string of the molecule is C1COCCO1.Cc1oc(-c2ccccc2)nc1CCOc1ccc(S(=O)(=O)Nc2cc(Cl)ccc2C(=O)O)cc1. The van der Waals surface area contributed by atoms with E-state index in [1.807, 2.05) is 37.3 Å². The molecule has 0 unspecified atom stereocenters. The lowest BCUT2D eigenvalue weighted by Crippen LogP contribution is -2.16. The summed E-state index contributed by atoms with van der Waals surface area (Å²) in [6.07, 6.45) is 0.510. The smallest absolute Gasteiger partial charge is 0.337 e. The standard InChI is InChI=1S/C25H21ClN2O6S.C4H8O2/c1-16-22(27-24(34-16)17-5-3-2-4-6-17)13-14-33-19-8-10-20(11-9-19)35(31,32)28-23-15-18(26)7-12-21(23)25(29)30;1-2-6-4-3-5-1/h2-12,15,28H,13-14H2,1H3,(H,29,30);1-4H2. The lowest BCUT2D eigenvalue weighted by atomic mass is 10.2. The zero-order valence-electron chi connectivity index (χ0n) is 22.2. The molecule has 0 atom stereocenters. The Hall–Kier alpha value is -3.90. The van der Waals surface area contributed by atoms with E-state index < -0.39 is 16.0 Å². The first-order valence-electron chi connectivity index (χ1n) is 12.7. The van der Waals surface area contributed by atoms with Gasteiger partial charge in [0.15, 0.2) is 0 Å². The van der Waals surface area contributed by atoms with Gasteiger partial charge in [-0.2, -0.15) is 0 Å². The average molecular weight is 601 g/mol. The van der Waals surface area contributed by atoms with Crippen molar-refractivity contribution in [3.05, 3.63) is 94.8 Å². The van der Waals surface area contributed by atoms with Gasteiger partial charge in [-0.15, -0.1) is 0 Å². The van der Waals surface area contributed by atoms with Gasteiger partial charge < -0.3 is 23.7 Å². The van der Waals surface area contributed by atoms with E-state index in [1.54, 1.807) is 0 Å². The second-order valence-electron chi connectivity index (χ2n) is 8.78. The molecule has 2 heterocycles. The summed E-state index contributed by atoms with van der Waals surface area (Å²) in [6, 6.07) is 19.2.